The van der Waals surface area contributed by atoms with Gasteiger partial charge in [-0.05, 0) is 30.6 Å². The van der Waals surface area contributed by atoms with E-state index in [1.165, 1.54) is 0 Å². The van der Waals surface area contributed by atoms with E-state index in [9.17, 15) is 23.1 Å². The lowest BCUT2D eigenvalue weighted by Gasteiger charge is -2.37. The molecule has 1 heterocycles. The van der Waals surface area contributed by atoms with E-state index < -0.39 is 27.4 Å². The molecule has 3 fully saturated rings. The topological polar surface area (TPSA) is 91.8 Å². The fraction of sp³-hybridized carbons (Fsp3) is 0.895. The summed E-state index contributed by atoms with van der Waals surface area (Å²) in [5.41, 5.74) is -1.54. The maximum atomic E-state index is 12.9. The quantitative estimate of drug-likeness (QED) is 0.782. The van der Waals surface area contributed by atoms with Crippen molar-refractivity contribution in [2.75, 3.05) is 5.75 Å². The summed E-state index contributed by atoms with van der Waals surface area (Å²) in [5, 5.41) is 10.5. The zero-order valence-electron chi connectivity index (χ0n) is 16.4. The van der Waals surface area contributed by atoms with Crippen molar-refractivity contribution in [3.05, 3.63) is 0 Å². The number of sulfonamides is 1. The first-order valence-corrected chi connectivity index (χ1v) is 11.2. The summed E-state index contributed by atoms with van der Waals surface area (Å²) >= 11 is 0. The minimum Gasteiger partial charge on any atom is -0.392 e. The van der Waals surface area contributed by atoms with Crippen LogP contribution in [0.25, 0.3) is 0 Å². The number of Topliss-reactive ketones (excluding diaryl/α,β-unsaturated/α-hetero) is 1. The van der Waals surface area contributed by atoms with Gasteiger partial charge < -0.3 is 5.11 Å². The van der Waals surface area contributed by atoms with Gasteiger partial charge in [0, 0.05) is 17.3 Å². The van der Waals surface area contributed by atoms with Crippen molar-refractivity contribution in [3.63, 3.8) is 0 Å². The highest BCUT2D eigenvalue weighted by Crippen LogP contribution is 2.70. The fourth-order valence-corrected chi connectivity index (χ4v) is 8.33. The van der Waals surface area contributed by atoms with E-state index in [0.29, 0.717) is 12.3 Å². The number of hydrogen-bond acceptors (Lipinski definition) is 5. The van der Waals surface area contributed by atoms with Crippen LogP contribution in [-0.4, -0.2) is 47.4 Å². The van der Waals surface area contributed by atoms with Crippen molar-refractivity contribution in [1.82, 2.24) is 4.31 Å². The molecule has 0 aromatic rings. The molecule has 26 heavy (non-hydrogen) atoms. The Morgan fingerprint density at radius 2 is 1.92 bits per heavy atom. The molecule has 2 saturated carbocycles. The van der Waals surface area contributed by atoms with Crippen LogP contribution in [0.4, 0.5) is 0 Å². The molecular weight excluding hydrogens is 354 g/mol. The van der Waals surface area contributed by atoms with Crippen LogP contribution in [0.3, 0.4) is 0 Å². The second-order valence-electron chi connectivity index (χ2n) is 9.53. The monoisotopic (exact) mass is 385 g/mol. The second kappa shape index (κ2) is 5.77. The molecule has 0 radical (unpaired) electrons. The van der Waals surface area contributed by atoms with E-state index in [1.807, 2.05) is 0 Å². The molecule has 1 aliphatic heterocycles. The largest absolute Gasteiger partial charge is 0.392 e. The van der Waals surface area contributed by atoms with Crippen molar-refractivity contribution >= 4 is 21.7 Å². The minimum absolute atomic E-state index is 0.0211. The van der Waals surface area contributed by atoms with Crippen LogP contribution >= 0.6 is 0 Å². The van der Waals surface area contributed by atoms with Crippen LogP contribution in [0, 0.1) is 22.2 Å². The van der Waals surface area contributed by atoms with Crippen LogP contribution in [0.15, 0.2) is 0 Å². The Hall–Kier alpha value is -0.950. The zero-order valence-corrected chi connectivity index (χ0v) is 17.2. The van der Waals surface area contributed by atoms with E-state index in [1.54, 1.807) is 20.8 Å². The van der Waals surface area contributed by atoms with Gasteiger partial charge in [-0.3, -0.25) is 9.59 Å². The average molecular weight is 386 g/mol. The molecular formula is C19H31NO5S. The molecule has 1 saturated heterocycles. The SMILES string of the molecule is CCC(=O)C(C)(C)[C@@H](O)CC(=O)N1C2CC3CCC2(CS1(=O)=O)C3(C)C. The van der Waals surface area contributed by atoms with Gasteiger partial charge in [-0.25, -0.2) is 12.7 Å². The molecule has 6 nitrogen and oxygen atoms in total. The molecule has 1 spiro atoms. The normalized spacial score (nSPS) is 35.4. The van der Waals surface area contributed by atoms with Crippen LogP contribution in [0.5, 0.6) is 0 Å². The van der Waals surface area contributed by atoms with E-state index in [4.69, 9.17) is 0 Å². The number of carbonyl (C=O) groups is 2. The zero-order chi connectivity index (χ0) is 19.7. The van der Waals surface area contributed by atoms with E-state index in [0.717, 1.165) is 17.1 Å². The average Bonchev–Trinajstić information content (AvgIpc) is 3.00. The van der Waals surface area contributed by atoms with Crippen LogP contribution < -0.4 is 0 Å². The molecule has 3 unspecified atom stereocenters. The first-order valence-electron chi connectivity index (χ1n) is 9.57. The lowest BCUT2D eigenvalue weighted by Crippen LogP contribution is -2.47. The number of carbonyl (C=O) groups excluding carboxylic acids is 2. The van der Waals surface area contributed by atoms with E-state index in [-0.39, 0.29) is 41.2 Å². The van der Waals surface area contributed by atoms with Gasteiger partial charge in [0.15, 0.2) is 0 Å². The smallest absolute Gasteiger partial charge is 0.238 e. The Morgan fingerprint density at radius 1 is 1.31 bits per heavy atom. The first-order chi connectivity index (χ1) is 11.8. The highest BCUT2D eigenvalue weighted by Gasteiger charge is 2.72. The molecule has 1 amide bonds. The molecule has 4 atom stereocenters. The molecule has 0 aromatic carbocycles. The Bertz CT molecular complexity index is 741. The van der Waals surface area contributed by atoms with Crippen molar-refractivity contribution in [3.8, 4) is 0 Å². The van der Waals surface area contributed by atoms with Crippen molar-refractivity contribution in [2.45, 2.75) is 78.9 Å². The van der Waals surface area contributed by atoms with Gasteiger partial charge in [-0.15, -0.1) is 0 Å². The Balaban J connectivity index is 1.86. The lowest BCUT2D eigenvalue weighted by atomic mass is 9.69. The molecule has 1 N–H and O–H groups in total. The van der Waals surface area contributed by atoms with Gasteiger partial charge in [0.25, 0.3) is 0 Å². The summed E-state index contributed by atoms with van der Waals surface area (Å²) in [5.74, 6) is -0.256. The van der Waals surface area contributed by atoms with Gasteiger partial charge in [0.2, 0.25) is 15.9 Å². The number of fused-ring (bicyclic) bond motifs is 1. The lowest BCUT2D eigenvalue weighted by molar-refractivity contribution is -0.138. The standard InChI is InChI=1S/C19H31NO5S/c1-6-14(21)17(2,3)15(22)10-16(23)20-13-9-12-7-8-19(13,18(12,4)5)11-26(20,24)25/h12-13,15,22H,6-11H2,1-5H3/t12?,13?,15-,19?/m0/s1. The van der Waals surface area contributed by atoms with Crippen molar-refractivity contribution in [2.24, 2.45) is 22.2 Å². The number of hydrogen-bond donors (Lipinski definition) is 1. The van der Waals surface area contributed by atoms with Gasteiger partial charge in [-0.1, -0.05) is 34.6 Å². The van der Waals surface area contributed by atoms with Gasteiger partial charge in [0.1, 0.15) is 5.78 Å². The number of rotatable bonds is 5. The summed E-state index contributed by atoms with van der Waals surface area (Å²) in [6.45, 7) is 9.19. The number of ketones is 1. The fourth-order valence-electron chi connectivity index (χ4n) is 5.77. The summed E-state index contributed by atoms with van der Waals surface area (Å²) in [4.78, 5) is 25.0. The molecule has 0 aromatic heterocycles. The molecule has 148 valence electrons. The molecule has 3 aliphatic rings. The molecule has 2 aliphatic carbocycles. The Kier molecular flexibility index (Phi) is 4.40. The van der Waals surface area contributed by atoms with Gasteiger partial charge >= 0.3 is 0 Å². The third-order valence-electron chi connectivity index (χ3n) is 7.90. The van der Waals surface area contributed by atoms with Gasteiger partial charge in [0.05, 0.1) is 24.3 Å². The summed E-state index contributed by atoms with van der Waals surface area (Å²) < 4.78 is 26.8. The summed E-state index contributed by atoms with van der Waals surface area (Å²) in [6.07, 6.45) is 1.30. The van der Waals surface area contributed by atoms with Crippen molar-refractivity contribution in [1.29, 1.82) is 0 Å². The van der Waals surface area contributed by atoms with Crippen molar-refractivity contribution < 1.29 is 23.1 Å². The maximum absolute atomic E-state index is 12.9. The predicted octanol–water partition coefficient (Wildman–Crippen LogP) is 2.11. The highest BCUT2D eigenvalue weighted by molar-refractivity contribution is 7.90. The predicted molar refractivity (Wildman–Crippen MR) is 97.7 cm³/mol. The Labute approximate surface area is 156 Å². The summed E-state index contributed by atoms with van der Waals surface area (Å²) in [6, 6.07) is -0.300. The third kappa shape index (κ3) is 2.42. The second-order valence-corrected chi connectivity index (χ2v) is 11.4. The number of nitrogens with zero attached hydrogens (tertiary/aromatic N) is 1. The minimum atomic E-state index is -3.69. The maximum Gasteiger partial charge on any atom is 0.238 e. The van der Waals surface area contributed by atoms with Crippen LogP contribution in [0.1, 0.15) is 66.7 Å². The molecule has 2 bridgehead atoms. The summed E-state index contributed by atoms with van der Waals surface area (Å²) in [7, 11) is -3.69. The molecule has 3 rings (SSSR count). The van der Waals surface area contributed by atoms with Crippen LogP contribution in [0.2, 0.25) is 0 Å². The van der Waals surface area contributed by atoms with Gasteiger partial charge in [-0.2, -0.15) is 0 Å². The van der Waals surface area contributed by atoms with Crippen LogP contribution in [-0.2, 0) is 19.6 Å². The Morgan fingerprint density at radius 3 is 2.46 bits per heavy atom. The number of amides is 1. The highest BCUT2D eigenvalue weighted by atomic mass is 32.2. The number of aliphatic hydroxyl groups is 1. The molecule has 7 heteroatoms. The number of aliphatic hydroxyl groups excluding tert-OH is 1. The first kappa shape index (κ1) is 19.8. The van der Waals surface area contributed by atoms with E-state index in [2.05, 4.69) is 13.8 Å². The third-order valence-corrected chi connectivity index (χ3v) is 9.84. The van der Waals surface area contributed by atoms with E-state index >= 15 is 0 Å².